The van der Waals surface area contributed by atoms with Gasteiger partial charge in [-0.2, -0.15) is 0 Å². The first-order chi connectivity index (χ1) is 11.4. The SMILES string of the molecule is COC(=O)C1(Cn2cc3c(C(=O)N(C)C)cccc3cc2=O)CC1. The molecule has 0 saturated heterocycles. The average molecular weight is 328 g/mol. The third-order valence-electron chi connectivity index (χ3n) is 4.57. The number of benzene rings is 1. The van der Waals surface area contributed by atoms with E-state index in [0.29, 0.717) is 29.2 Å². The van der Waals surface area contributed by atoms with E-state index >= 15 is 0 Å². The molecule has 6 heteroatoms. The Balaban J connectivity index is 2.09. The number of nitrogens with zero attached hydrogens (tertiary/aromatic N) is 2. The predicted molar refractivity (Wildman–Crippen MR) is 89.9 cm³/mol. The number of carbonyl (C=O) groups is 2. The number of methoxy groups -OCH3 is 1. The van der Waals surface area contributed by atoms with E-state index in [0.717, 1.165) is 0 Å². The van der Waals surface area contributed by atoms with Gasteiger partial charge < -0.3 is 14.2 Å². The molecule has 6 nitrogen and oxygen atoms in total. The van der Waals surface area contributed by atoms with Crippen molar-refractivity contribution in [3.63, 3.8) is 0 Å². The minimum Gasteiger partial charge on any atom is -0.469 e. The number of ether oxygens (including phenoxy) is 1. The van der Waals surface area contributed by atoms with Gasteiger partial charge in [-0.1, -0.05) is 12.1 Å². The zero-order valence-electron chi connectivity index (χ0n) is 14.0. The number of hydrogen-bond acceptors (Lipinski definition) is 4. The topological polar surface area (TPSA) is 68.6 Å². The molecule has 1 fully saturated rings. The van der Waals surface area contributed by atoms with Crippen molar-refractivity contribution < 1.29 is 14.3 Å². The zero-order chi connectivity index (χ0) is 17.5. The number of pyridine rings is 1. The van der Waals surface area contributed by atoms with Crippen LogP contribution in [0, 0.1) is 5.41 Å². The van der Waals surface area contributed by atoms with Crippen molar-refractivity contribution in [3.8, 4) is 0 Å². The zero-order valence-corrected chi connectivity index (χ0v) is 14.0. The van der Waals surface area contributed by atoms with Crippen molar-refractivity contribution in [2.24, 2.45) is 5.41 Å². The Morgan fingerprint density at radius 2 is 2.00 bits per heavy atom. The van der Waals surface area contributed by atoms with Crippen LogP contribution in [0.15, 0.2) is 35.3 Å². The molecular weight excluding hydrogens is 308 g/mol. The van der Waals surface area contributed by atoms with E-state index in [4.69, 9.17) is 4.74 Å². The highest BCUT2D eigenvalue weighted by atomic mass is 16.5. The molecule has 0 spiro atoms. The number of carbonyl (C=O) groups excluding carboxylic acids is 2. The lowest BCUT2D eigenvalue weighted by Crippen LogP contribution is -2.29. The van der Waals surface area contributed by atoms with E-state index < -0.39 is 5.41 Å². The highest BCUT2D eigenvalue weighted by Crippen LogP contribution is 2.48. The van der Waals surface area contributed by atoms with Gasteiger partial charge in [-0.25, -0.2) is 0 Å². The monoisotopic (exact) mass is 328 g/mol. The van der Waals surface area contributed by atoms with Crippen LogP contribution in [-0.4, -0.2) is 42.5 Å². The molecule has 24 heavy (non-hydrogen) atoms. The number of hydrogen-bond donors (Lipinski definition) is 0. The Morgan fingerprint density at radius 1 is 1.29 bits per heavy atom. The molecule has 2 aromatic rings. The molecule has 1 aliphatic rings. The minimum atomic E-state index is -0.604. The summed E-state index contributed by atoms with van der Waals surface area (Å²) in [6.45, 7) is 0.277. The number of fused-ring (bicyclic) bond motifs is 1. The molecular formula is C18H20N2O4. The van der Waals surface area contributed by atoms with Crippen molar-refractivity contribution in [2.45, 2.75) is 19.4 Å². The van der Waals surface area contributed by atoms with Gasteiger partial charge in [-0.3, -0.25) is 14.4 Å². The quantitative estimate of drug-likeness (QED) is 0.801. The van der Waals surface area contributed by atoms with Crippen LogP contribution in [0.5, 0.6) is 0 Å². The van der Waals surface area contributed by atoms with Crippen molar-refractivity contribution in [1.29, 1.82) is 0 Å². The summed E-state index contributed by atoms with van der Waals surface area (Å²) < 4.78 is 6.37. The van der Waals surface area contributed by atoms with Crippen LogP contribution in [0.3, 0.4) is 0 Å². The lowest BCUT2D eigenvalue weighted by Gasteiger charge is -2.16. The van der Waals surface area contributed by atoms with Gasteiger partial charge >= 0.3 is 5.97 Å². The van der Waals surface area contributed by atoms with Gasteiger partial charge in [0.05, 0.1) is 12.5 Å². The van der Waals surface area contributed by atoms with Crippen molar-refractivity contribution in [1.82, 2.24) is 9.47 Å². The highest BCUT2D eigenvalue weighted by Gasteiger charge is 2.51. The summed E-state index contributed by atoms with van der Waals surface area (Å²) in [5.74, 6) is -0.410. The molecule has 1 amide bonds. The third-order valence-corrected chi connectivity index (χ3v) is 4.57. The minimum absolute atomic E-state index is 0.125. The molecule has 126 valence electrons. The van der Waals surface area contributed by atoms with Gasteiger partial charge in [-0.15, -0.1) is 0 Å². The van der Waals surface area contributed by atoms with Gasteiger partial charge in [0.25, 0.3) is 11.5 Å². The summed E-state index contributed by atoms with van der Waals surface area (Å²) in [5.41, 5.74) is -0.256. The molecule has 3 rings (SSSR count). The van der Waals surface area contributed by atoms with Crippen molar-refractivity contribution in [2.75, 3.05) is 21.2 Å². The van der Waals surface area contributed by atoms with Gasteiger partial charge in [-0.05, 0) is 24.3 Å². The second-order valence-corrected chi connectivity index (χ2v) is 6.52. The Bertz CT molecular complexity index is 878. The molecule has 1 heterocycles. The number of amides is 1. The highest BCUT2D eigenvalue weighted by molar-refractivity contribution is 6.06. The van der Waals surface area contributed by atoms with E-state index in [2.05, 4.69) is 0 Å². The standard InChI is InChI=1S/C18H20N2O4/c1-19(2)16(22)13-6-4-5-12-9-15(21)20(10-14(12)13)11-18(7-8-18)17(23)24-3/h4-6,9-10H,7-8,11H2,1-3H3. The van der Waals surface area contributed by atoms with Gasteiger partial charge in [0.1, 0.15) is 0 Å². The first-order valence-electron chi connectivity index (χ1n) is 7.81. The maximum Gasteiger partial charge on any atom is 0.313 e. The largest absolute Gasteiger partial charge is 0.469 e. The summed E-state index contributed by atoms with van der Waals surface area (Å²) in [6, 6.07) is 6.82. The molecule has 1 aromatic carbocycles. The number of rotatable bonds is 4. The van der Waals surface area contributed by atoms with Crippen LogP contribution in [-0.2, 0) is 16.1 Å². The van der Waals surface area contributed by atoms with E-state index in [-0.39, 0.29) is 24.0 Å². The summed E-state index contributed by atoms with van der Waals surface area (Å²) in [5, 5.41) is 1.42. The summed E-state index contributed by atoms with van der Waals surface area (Å²) in [6.07, 6.45) is 3.10. The second-order valence-electron chi connectivity index (χ2n) is 6.52. The Morgan fingerprint density at radius 3 is 2.58 bits per heavy atom. The van der Waals surface area contributed by atoms with E-state index in [9.17, 15) is 14.4 Å². The first kappa shape index (κ1) is 16.2. The lowest BCUT2D eigenvalue weighted by atomic mass is 10.0. The van der Waals surface area contributed by atoms with Gasteiger partial charge in [0.15, 0.2) is 0 Å². The average Bonchev–Trinajstić information content (AvgIpc) is 3.34. The van der Waals surface area contributed by atoms with Crippen molar-refractivity contribution >= 4 is 22.6 Å². The maximum absolute atomic E-state index is 12.4. The predicted octanol–water partition coefficient (Wildman–Crippen LogP) is 1.66. The van der Waals surface area contributed by atoms with Gasteiger partial charge in [0.2, 0.25) is 0 Å². The molecule has 0 unspecified atom stereocenters. The van der Waals surface area contributed by atoms with Crippen molar-refractivity contribution in [3.05, 3.63) is 46.4 Å². The Labute approximate surface area is 139 Å². The van der Waals surface area contributed by atoms with E-state index in [1.54, 1.807) is 38.5 Å². The fourth-order valence-corrected chi connectivity index (χ4v) is 2.96. The van der Waals surface area contributed by atoms with Crippen LogP contribution >= 0.6 is 0 Å². The van der Waals surface area contributed by atoms with E-state index in [1.165, 1.54) is 22.6 Å². The van der Waals surface area contributed by atoms with Crippen LogP contribution < -0.4 is 5.56 Å². The molecule has 1 aromatic heterocycles. The Kier molecular flexibility index (Phi) is 3.91. The van der Waals surface area contributed by atoms with E-state index in [1.807, 2.05) is 0 Å². The fraction of sp³-hybridized carbons (Fsp3) is 0.389. The first-order valence-corrected chi connectivity index (χ1v) is 7.81. The molecule has 1 aliphatic carbocycles. The molecule has 0 atom stereocenters. The number of esters is 1. The lowest BCUT2D eigenvalue weighted by molar-refractivity contribution is -0.147. The van der Waals surface area contributed by atoms with Crippen LogP contribution in [0.2, 0.25) is 0 Å². The van der Waals surface area contributed by atoms with Crippen LogP contribution in [0.1, 0.15) is 23.2 Å². The summed E-state index contributed by atoms with van der Waals surface area (Å²) in [4.78, 5) is 38.2. The maximum atomic E-state index is 12.4. The summed E-state index contributed by atoms with van der Waals surface area (Å²) >= 11 is 0. The van der Waals surface area contributed by atoms with Crippen LogP contribution in [0.25, 0.3) is 10.8 Å². The van der Waals surface area contributed by atoms with Gasteiger partial charge in [0, 0.05) is 43.9 Å². The molecule has 0 bridgehead atoms. The fourth-order valence-electron chi connectivity index (χ4n) is 2.96. The summed E-state index contributed by atoms with van der Waals surface area (Å²) in [7, 11) is 4.74. The molecule has 1 saturated carbocycles. The Hall–Kier alpha value is -2.63. The molecule has 0 N–H and O–H groups in total. The second kappa shape index (κ2) is 5.78. The smallest absolute Gasteiger partial charge is 0.313 e. The van der Waals surface area contributed by atoms with Crippen LogP contribution in [0.4, 0.5) is 0 Å². The third kappa shape index (κ3) is 2.68. The molecule has 0 aliphatic heterocycles. The molecule has 0 radical (unpaired) electrons. The number of aromatic nitrogens is 1. The normalized spacial score (nSPS) is 15.1.